The van der Waals surface area contributed by atoms with E-state index in [1.54, 1.807) is 0 Å². The first-order valence-corrected chi connectivity index (χ1v) is 8.56. The molecule has 0 radical (unpaired) electrons. The molecule has 0 saturated heterocycles. The molecule has 3 saturated carbocycles. The summed E-state index contributed by atoms with van der Waals surface area (Å²) in [7, 11) is 0. The average Bonchev–Trinajstić information content (AvgIpc) is 3.37. The van der Waals surface area contributed by atoms with E-state index in [1.807, 2.05) is 0 Å². The maximum atomic E-state index is 11.9. The molecular weight excluding hydrogens is 266 g/mol. The van der Waals surface area contributed by atoms with Crippen LogP contribution >= 0.6 is 0 Å². The van der Waals surface area contributed by atoms with Crippen molar-refractivity contribution in [1.82, 2.24) is 16.0 Å². The molecule has 3 N–H and O–H groups in total. The third kappa shape index (κ3) is 4.61. The minimum Gasteiger partial charge on any atom is -0.353 e. The van der Waals surface area contributed by atoms with Crippen molar-refractivity contribution >= 4 is 11.9 Å². The van der Waals surface area contributed by atoms with Crippen LogP contribution in [0, 0.1) is 11.8 Å². The highest BCUT2D eigenvalue weighted by atomic mass is 16.2. The fourth-order valence-corrected chi connectivity index (χ4v) is 3.39. The summed E-state index contributed by atoms with van der Waals surface area (Å²) >= 11 is 0. The van der Waals surface area contributed by atoms with Crippen LogP contribution in [0.5, 0.6) is 0 Å². The van der Waals surface area contributed by atoms with E-state index in [0.29, 0.717) is 36.9 Å². The molecule has 0 spiro atoms. The van der Waals surface area contributed by atoms with Crippen LogP contribution in [-0.4, -0.2) is 30.6 Å². The Morgan fingerprint density at radius 1 is 0.952 bits per heavy atom. The highest BCUT2D eigenvalue weighted by Crippen LogP contribution is 2.44. The normalized spacial score (nSPS) is 22.3. The van der Waals surface area contributed by atoms with Gasteiger partial charge in [-0.05, 0) is 50.4 Å². The van der Waals surface area contributed by atoms with Gasteiger partial charge in [0.1, 0.15) is 0 Å². The zero-order chi connectivity index (χ0) is 14.7. The lowest BCUT2D eigenvalue weighted by atomic mass is 10.1. The van der Waals surface area contributed by atoms with E-state index in [1.165, 1.54) is 38.5 Å². The third-order valence-corrected chi connectivity index (χ3v) is 4.92. The van der Waals surface area contributed by atoms with Crippen molar-refractivity contribution in [1.29, 1.82) is 0 Å². The molecule has 21 heavy (non-hydrogen) atoms. The van der Waals surface area contributed by atoms with Gasteiger partial charge in [-0.15, -0.1) is 0 Å². The topological polar surface area (TPSA) is 70.2 Å². The summed E-state index contributed by atoms with van der Waals surface area (Å²) in [5.41, 5.74) is 0. The maximum absolute atomic E-state index is 11.9. The SMILES string of the molecule is O=C(CCNC(=O)NC(C1CC1)C1CC1)NC1CCCC1. The number of carbonyl (C=O) groups is 2. The third-order valence-electron chi connectivity index (χ3n) is 4.92. The van der Waals surface area contributed by atoms with Gasteiger partial charge in [-0.25, -0.2) is 4.79 Å². The van der Waals surface area contributed by atoms with Crippen molar-refractivity contribution in [2.45, 2.75) is 69.9 Å². The Morgan fingerprint density at radius 3 is 2.14 bits per heavy atom. The highest BCUT2D eigenvalue weighted by Gasteiger charge is 2.42. The van der Waals surface area contributed by atoms with Crippen molar-refractivity contribution in [2.75, 3.05) is 6.54 Å². The maximum Gasteiger partial charge on any atom is 0.315 e. The number of nitrogens with one attached hydrogen (secondary N) is 3. The van der Waals surface area contributed by atoms with E-state index in [2.05, 4.69) is 16.0 Å². The largest absolute Gasteiger partial charge is 0.353 e. The molecule has 0 unspecified atom stereocenters. The van der Waals surface area contributed by atoms with E-state index in [-0.39, 0.29) is 11.9 Å². The first-order chi connectivity index (χ1) is 10.2. The molecule has 0 heterocycles. The molecule has 3 amide bonds. The zero-order valence-corrected chi connectivity index (χ0v) is 12.7. The fraction of sp³-hybridized carbons (Fsp3) is 0.875. The smallest absolute Gasteiger partial charge is 0.315 e. The van der Waals surface area contributed by atoms with Gasteiger partial charge in [0.2, 0.25) is 5.91 Å². The fourth-order valence-electron chi connectivity index (χ4n) is 3.39. The Balaban J connectivity index is 1.29. The lowest BCUT2D eigenvalue weighted by Crippen LogP contribution is -2.45. The summed E-state index contributed by atoms with van der Waals surface area (Å²) in [6.07, 6.45) is 10.0. The molecule has 3 aliphatic carbocycles. The van der Waals surface area contributed by atoms with Gasteiger partial charge in [-0.3, -0.25) is 4.79 Å². The van der Waals surface area contributed by atoms with Gasteiger partial charge in [0.25, 0.3) is 0 Å². The second kappa shape index (κ2) is 6.67. The van der Waals surface area contributed by atoms with Crippen molar-refractivity contribution in [3.8, 4) is 0 Å². The lowest BCUT2D eigenvalue weighted by molar-refractivity contribution is -0.121. The second-order valence-corrected chi connectivity index (χ2v) is 6.90. The van der Waals surface area contributed by atoms with Crippen LogP contribution in [0.15, 0.2) is 0 Å². The van der Waals surface area contributed by atoms with Crippen LogP contribution < -0.4 is 16.0 Å². The molecule has 0 aromatic heterocycles. The van der Waals surface area contributed by atoms with Crippen LogP contribution in [0.3, 0.4) is 0 Å². The van der Waals surface area contributed by atoms with Crippen molar-refractivity contribution < 1.29 is 9.59 Å². The van der Waals surface area contributed by atoms with Gasteiger partial charge < -0.3 is 16.0 Å². The molecule has 0 aromatic carbocycles. The van der Waals surface area contributed by atoms with Crippen molar-refractivity contribution in [3.63, 3.8) is 0 Å². The Labute approximate surface area is 126 Å². The number of hydrogen-bond acceptors (Lipinski definition) is 2. The summed E-state index contributed by atoms with van der Waals surface area (Å²) in [4.78, 5) is 23.6. The summed E-state index contributed by atoms with van der Waals surface area (Å²) in [6.45, 7) is 0.423. The lowest BCUT2D eigenvalue weighted by Gasteiger charge is -2.18. The number of carbonyl (C=O) groups excluding carboxylic acids is 2. The van der Waals surface area contributed by atoms with Crippen LogP contribution in [0.25, 0.3) is 0 Å². The van der Waals surface area contributed by atoms with Gasteiger partial charge in [-0.2, -0.15) is 0 Å². The van der Waals surface area contributed by atoms with Crippen LogP contribution in [0.1, 0.15) is 57.8 Å². The van der Waals surface area contributed by atoms with Gasteiger partial charge in [-0.1, -0.05) is 12.8 Å². The quantitative estimate of drug-likeness (QED) is 0.671. The standard InChI is InChI=1S/C16H27N3O2/c20-14(18-13-3-1-2-4-13)9-10-17-16(21)19-15(11-5-6-11)12-7-8-12/h11-13,15H,1-10H2,(H,18,20)(H2,17,19,21). The van der Waals surface area contributed by atoms with Gasteiger partial charge >= 0.3 is 6.03 Å². The van der Waals surface area contributed by atoms with Gasteiger partial charge in [0, 0.05) is 25.0 Å². The Kier molecular flexibility index (Phi) is 4.66. The molecule has 0 bridgehead atoms. The van der Waals surface area contributed by atoms with Crippen LogP contribution in [0.4, 0.5) is 4.79 Å². The Hall–Kier alpha value is -1.26. The highest BCUT2D eigenvalue weighted by molar-refractivity contribution is 5.78. The molecule has 3 rings (SSSR count). The average molecular weight is 293 g/mol. The van der Waals surface area contributed by atoms with Crippen molar-refractivity contribution in [3.05, 3.63) is 0 Å². The molecule has 3 aliphatic rings. The van der Waals surface area contributed by atoms with E-state index in [4.69, 9.17) is 0 Å². The van der Waals surface area contributed by atoms with Crippen LogP contribution in [-0.2, 0) is 4.79 Å². The molecule has 5 heteroatoms. The molecule has 0 atom stereocenters. The summed E-state index contributed by atoms with van der Waals surface area (Å²) in [5.74, 6) is 1.46. The number of hydrogen-bond donors (Lipinski definition) is 3. The predicted octanol–water partition coefficient (Wildman–Crippen LogP) is 1.92. The van der Waals surface area contributed by atoms with E-state index >= 15 is 0 Å². The van der Waals surface area contributed by atoms with Crippen LogP contribution in [0.2, 0.25) is 0 Å². The van der Waals surface area contributed by atoms with E-state index in [9.17, 15) is 9.59 Å². The number of urea groups is 1. The Bertz CT molecular complexity index is 373. The summed E-state index contributed by atoms with van der Waals surface area (Å²) < 4.78 is 0. The van der Waals surface area contributed by atoms with Gasteiger partial charge in [0.05, 0.1) is 0 Å². The predicted molar refractivity (Wildman–Crippen MR) is 80.8 cm³/mol. The van der Waals surface area contributed by atoms with E-state index < -0.39 is 0 Å². The minimum atomic E-state index is -0.104. The second-order valence-electron chi connectivity index (χ2n) is 6.90. The number of amides is 3. The van der Waals surface area contributed by atoms with Crippen molar-refractivity contribution in [2.24, 2.45) is 11.8 Å². The van der Waals surface area contributed by atoms with Gasteiger partial charge in [0.15, 0.2) is 0 Å². The zero-order valence-electron chi connectivity index (χ0n) is 12.7. The Morgan fingerprint density at radius 2 is 1.57 bits per heavy atom. The molecular formula is C16H27N3O2. The molecule has 0 aromatic rings. The molecule has 118 valence electrons. The molecule has 0 aliphatic heterocycles. The monoisotopic (exact) mass is 293 g/mol. The first kappa shape index (κ1) is 14.7. The molecule has 5 nitrogen and oxygen atoms in total. The summed E-state index contributed by atoms with van der Waals surface area (Å²) in [6, 6.07) is 0.630. The summed E-state index contributed by atoms with van der Waals surface area (Å²) in [5, 5.41) is 8.97. The first-order valence-electron chi connectivity index (χ1n) is 8.56. The number of rotatable bonds is 7. The molecule has 3 fully saturated rings. The minimum absolute atomic E-state index is 0.0585. The van der Waals surface area contributed by atoms with E-state index in [0.717, 1.165) is 12.8 Å².